The number of nitrogens with one attached hydrogen (secondary N) is 1. The van der Waals surface area contributed by atoms with Crippen molar-refractivity contribution in [2.75, 3.05) is 19.6 Å². The van der Waals surface area contributed by atoms with E-state index in [2.05, 4.69) is 0 Å². The van der Waals surface area contributed by atoms with E-state index in [0.29, 0.717) is 4.88 Å². The summed E-state index contributed by atoms with van der Waals surface area (Å²) in [6, 6.07) is 3.41. The van der Waals surface area contributed by atoms with Gasteiger partial charge in [0.25, 0.3) is 5.91 Å². The van der Waals surface area contributed by atoms with Crippen molar-refractivity contribution >= 4 is 23.2 Å². The molecule has 0 aliphatic carbocycles. The zero-order valence-corrected chi connectivity index (χ0v) is 10.6. The first-order valence-corrected chi connectivity index (χ1v) is 6.42. The number of amides is 2. The van der Waals surface area contributed by atoms with Crippen molar-refractivity contribution in [3.8, 4) is 0 Å². The fourth-order valence-electron chi connectivity index (χ4n) is 1.70. The largest absolute Gasteiger partial charge is 0.405 e. The summed E-state index contributed by atoms with van der Waals surface area (Å²) in [5.74, 6) is -1.39. The molecule has 4 nitrogen and oxygen atoms in total. The summed E-state index contributed by atoms with van der Waals surface area (Å²) in [6.07, 6.45) is -4.41. The molecular weight excluding hydrogens is 281 g/mol. The Balaban J connectivity index is 1.77. The Bertz CT molecular complexity index is 467. The van der Waals surface area contributed by atoms with Gasteiger partial charge in [-0.15, -0.1) is 11.3 Å². The van der Waals surface area contributed by atoms with Crippen LogP contribution in [0.1, 0.15) is 9.67 Å². The topological polar surface area (TPSA) is 49.4 Å². The minimum atomic E-state index is -4.41. The first kappa shape index (κ1) is 13.9. The van der Waals surface area contributed by atoms with Crippen molar-refractivity contribution in [1.82, 2.24) is 10.2 Å². The lowest BCUT2D eigenvalue weighted by Gasteiger charge is -2.37. The molecule has 2 rings (SSSR count). The van der Waals surface area contributed by atoms with Crippen molar-refractivity contribution in [2.24, 2.45) is 5.92 Å². The number of halogens is 3. The Kier molecular flexibility index (Phi) is 3.79. The Labute approximate surface area is 111 Å². The van der Waals surface area contributed by atoms with Gasteiger partial charge in [0.15, 0.2) is 0 Å². The van der Waals surface area contributed by atoms with Gasteiger partial charge in [0.05, 0.1) is 10.8 Å². The van der Waals surface area contributed by atoms with Crippen molar-refractivity contribution in [1.29, 1.82) is 0 Å². The summed E-state index contributed by atoms with van der Waals surface area (Å²) < 4.78 is 35.7. The van der Waals surface area contributed by atoms with Gasteiger partial charge in [-0.3, -0.25) is 9.59 Å². The summed E-state index contributed by atoms with van der Waals surface area (Å²) in [5.41, 5.74) is 0. The molecule has 1 saturated heterocycles. The van der Waals surface area contributed by atoms with Gasteiger partial charge in [-0.25, -0.2) is 0 Å². The molecule has 0 aromatic carbocycles. The quantitative estimate of drug-likeness (QED) is 0.918. The molecule has 1 aliphatic rings. The third kappa shape index (κ3) is 3.46. The number of hydrogen-bond acceptors (Lipinski definition) is 3. The number of likely N-dealkylation sites (tertiary alicyclic amines) is 1. The van der Waals surface area contributed by atoms with Crippen LogP contribution >= 0.6 is 11.3 Å². The summed E-state index contributed by atoms with van der Waals surface area (Å²) >= 11 is 1.29. The molecule has 0 saturated carbocycles. The first-order chi connectivity index (χ1) is 8.87. The highest BCUT2D eigenvalue weighted by atomic mass is 32.1. The maximum Gasteiger partial charge on any atom is 0.405 e. The predicted molar refractivity (Wildman–Crippen MR) is 62.8 cm³/mol. The minimum Gasteiger partial charge on any atom is -0.347 e. The smallest absolute Gasteiger partial charge is 0.347 e. The normalized spacial score (nSPS) is 16.1. The predicted octanol–water partition coefficient (Wildman–Crippen LogP) is 1.50. The molecule has 1 aliphatic heterocycles. The third-order valence-corrected chi connectivity index (χ3v) is 3.59. The van der Waals surface area contributed by atoms with Crippen LogP contribution in [0.15, 0.2) is 17.5 Å². The van der Waals surface area contributed by atoms with Gasteiger partial charge in [0, 0.05) is 13.1 Å². The van der Waals surface area contributed by atoms with Crippen molar-refractivity contribution in [3.05, 3.63) is 22.4 Å². The van der Waals surface area contributed by atoms with Gasteiger partial charge in [0.2, 0.25) is 5.91 Å². The van der Waals surface area contributed by atoms with Crippen LogP contribution in [0.5, 0.6) is 0 Å². The van der Waals surface area contributed by atoms with E-state index in [9.17, 15) is 22.8 Å². The SMILES string of the molecule is O=C(NCC(F)(F)F)C1CN(C(=O)c2cccs2)C1. The van der Waals surface area contributed by atoms with E-state index < -0.39 is 24.5 Å². The number of rotatable bonds is 3. The molecule has 0 spiro atoms. The van der Waals surface area contributed by atoms with Crippen LogP contribution in [0.3, 0.4) is 0 Å². The molecule has 104 valence electrons. The Morgan fingerprint density at radius 3 is 2.63 bits per heavy atom. The standard InChI is InChI=1S/C11H11F3N2O2S/c12-11(13,14)6-15-9(17)7-4-16(5-7)10(18)8-2-1-3-19-8/h1-3,7H,4-6H2,(H,15,17). The van der Waals surface area contributed by atoms with Crippen LogP contribution < -0.4 is 5.32 Å². The summed E-state index contributed by atoms with van der Waals surface area (Å²) in [6.45, 7) is -0.998. The molecule has 1 fully saturated rings. The fourth-order valence-corrected chi connectivity index (χ4v) is 2.39. The molecule has 1 aromatic heterocycles. The maximum absolute atomic E-state index is 11.9. The second kappa shape index (κ2) is 5.20. The van der Waals surface area contributed by atoms with Crippen LogP contribution in [0.4, 0.5) is 13.2 Å². The average molecular weight is 292 g/mol. The highest BCUT2D eigenvalue weighted by molar-refractivity contribution is 7.12. The van der Waals surface area contributed by atoms with E-state index in [1.165, 1.54) is 16.2 Å². The van der Waals surface area contributed by atoms with Gasteiger partial charge in [0.1, 0.15) is 6.54 Å². The Hall–Kier alpha value is -1.57. The first-order valence-electron chi connectivity index (χ1n) is 5.54. The number of thiophene rings is 1. The summed E-state index contributed by atoms with van der Waals surface area (Å²) in [7, 11) is 0. The molecule has 0 bridgehead atoms. The van der Waals surface area contributed by atoms with Crippen molar-refractivity contribution in [2.45, 2.75) is 6.18 Å². The van der Waals surface area contributed by atoms with Crippen LogP contribution in [-0.2, 0) is 4.79 Å². The number of hydrogen-bond donors (Lipinski definition) is 1. The molecule has 8 heteroatoms. The second-order valence-electron chi connectivity index (χ2n) is 4.22. The van der Waals surface area contributed by atoms with E-state index in [0.717, 1.165) is 0 Å². The molecule has 0 unspecified atom stereocenters. The van der Waals surface area contributed by atoms with Gasteiger partial charge >= 0.3 is 6.18 Å². The Morgan fingerprint density at radius 2 is 2.11 bits per heavy atom. The monoisotopic (exact) mass is 292 g/mol. The molecule has 1 N–H and O–H groups in total. The third-order valence-electron chi connectivity index (χ3n) is 2.73. The molecule has 0 atom stereocenters. The van der Waals surface area contributed by atoms with E-state index in [4.69, 9.17) is 0 Å². The van der Waals surface area contributed by atoms with Crippen LogP contribution in [0.2, 0.25) is 0 Å². The van der Waals surface area contributed by atoms with E-state index in [-0.39, 0.29) is 19.0 Å². The highest BCUT2D eigenvalue weighted by Gasteiger charge is 2.37. The number of carbonyl (C=O) groups excluding carboxylic acids is 2. The number of carbonyl (C=O) groups is 2. The highest BCUT2D eigenvalue weighted by Crippen LogP contribution is 2.21. The van der Waals surface area contributed by atoms with Gasteiger partial charge in [-0.2, -0.15) is 13.2 Å². The minimum absolute atomic E-state index is 0.167. The van der Waals surface area contributed by atoms with Gasteiger partial charge < -0.3 is 10.2 Å². The summed E-state index contributed by atoms with van der Waals surface area (Å²) in [5, 5.41) is 3.58. The van der Waals surface area contributed by atoms with Crippen LogP contribution in [-0.4, -0.2) is 42.5 Å². The van der Waals surface area contributed by atoms with E-state index >= 15 is 0 Å². The Morgan fingerprint density at radius 1 is 1.42 bits per heavy atom. The molecule has 2 heterocycles. The van der Waals surface area contributed by atoms with Crippen molar-refractivity contribution < 1.29 is 22.8 Å². The van der Waals surface area contributed by atoms with Gasteiger partial charge in [-0.1, -0.05) is 6.07 Å². The molecular formula is C11H11F3N2O2S. The zero-order valence-electron chi connectivity index (χ0n) is 9.74. The lowest BCUT2D eigenvalue weighted by atomic mass is 9.99. The summed E-state index contributed by atoms with van der Waals surface area (Å²) in [4.78, 5) is 25.2. The van der Waals surface area contributed by atoms with E-state index in [1.54, 1.807) is 17.5 Å². The van der Waals surface area contributed by atoms with Gasteiger partial charge in [-0.05, 0) is 11.4 Å². The van der Waals surface area contributed by atoms with Crippen LogP contribution in [0, 0.1) is 5.92 Å². The van der Waals surface area contributed by atoms with Crippen molar-refractivity contribution in [3.63, 3.8) is 0 Å². The van der Waals surface area contributed by atoms with E-state index in [1.807, 2.05) is 5.32 Å². The zero-order chi connectivity index (χ0) is 14.0. The average Bonchev–Trinajstić information content (AvgIpc) is 2.76. The fraction of sp³-hybridized carbons (Fsp3) is 0.455. The molecule has 2 amide bonds. The number of nitrogens with zero attached hydrogens (tertiary/aromatic N) is 1. The molecule has 19 heavy (non-hydrogen) atoms. The van der Waals surface area contributed by atoms with Crippen LogP contribution in [0.25, 0.3) is 0 Å². The lowest BCUT2D eigenvalue weighted by molar-refractivity contribution is -0.143. The maximum atomic E-state index is 11.9. The lowest BCUT2D eigenvalue weighted by Crippen LogP contribution is -2.56. The number of alkyl halides is 3. The molecule has 1 aromatic rings. The second-order valence-corrected chi connectivity index (χ2v) is 5.17. The molecule has 0 radical (unpaired) electrons.